The van der Waals surface area contributed by atoms with Gasteiger partial charge >= 0.3 is 0 Å². The fraction of sp³-hybridized carbons (Fsp3) is 0.538. The minimum Gasteiger partial charge on any atom is -0.316 e. The van der Waals surface area contributed by atoms with Gasteiger partial charge in [-0.15, -0.1) is 0 Å². The average molecular weight is 242 g/mol. The number of benzene rings is 1. The maximum atomic E-state index is 13.5. The summed E-state index contributed by atoms with van der Waals surface area (Å²) in [6, 6.07) is 4.83. The Hall–Kier alpha value is -0.600. The summed E-state index contributed by atoms with van der Waals surface area (Å²) in [7, 11) is 0. The summed E-state index contributed by atoms with van der Waals surface area (Å²) in [5.41, 5.74) is 0.788. The molecule has 16 heavy (non-hydrogen) atoms. The van der Waals surface area contributed by atoms with Crippen molar-refractivity contribution in [1.29, 1.82) is 0 Å². The molecule has 3 heteroatoms. The highest BCUT2D eigenvalue weighted by molar-refractivity contribution is 6.30. The van der Waals surface area contributed by atoms with Crippen LogP contribution in [0.3, 0.4) is 0 Å². The van der Waals surface area contributed by atoms with Crippen molar-refractivity contribution >= 4 is 11.6 Å². The van der Waals surface area contributed by atoms with Gasteiger partial charge in [0.1, 0.15) is 5.82 Å². The second-order valence-electron chi connectivity index (χ2n) is 4.47. The molecule has 0 bridgehead atoms. The highest BCUT2D eigenvalue weighted by Crippen LogP contribution is 2.48. The Morgan fingerprint density at radius 3 is 3.06 bits per heavy atom. The maximum absolute atomic E-state index is 13.5. The summed E-state index contributed by atoms with van der Waals surface area (Å²) < 4.78 is 13.5. The van der Waals surface area contributed by atoms with E-state index in [1.165, 1.54) is 6.07 Å². The van der Waals surface area contributed by atoms with Crippen LogP contribution in [0.15, 0.2) is 18.2 Å². The third-order valence-electron chi connectivity index (χ3n) is 3.11. The summed E-state index contributed by atoms with van der Waals surface area (Å²) in [5, 5.41) is 4.00. The highest BCUT2D eigenvalue weighted by Gasteiger charge is 2.39. The molecule has 1 aliphatic carbocycles. The van der Waals surface area contributed by atoms with E-state index in [-0.39, 0.29) is 5.82 Å². The molecule has 0 aromatic heterocycles. The van der Waals surface area contributed by atoms with Gasteiger partial charge in [-0.2, -0.15) is 0 Å². The van der Waals surface area contributed by atoms with Crippen LogP contribution in [0.25, 0.3) is 0 Å². The van der Waals surface area contributed by atoms with Crippen molar-refractivity contribution in [2.24, 2.45) is 5.92 Å². The van der Waals surface area contributed by atoms with Crippen molar-refractivity contribution < 1.29 is 4.39 Å². The van der Waals surface area contributed by atoms with E-state index in [4.69, 9.17) is 11.6 Å². The molecule has 1 aliphatic rings. The van der Waals surface area contributed by atoms with E-state index in [1.807, 2.05) is 0 Å². The Labute approximate surface area is 101 Å². The standard InChI is InChI=1S/C13H17ClFN/c1-2-5-16-8-9-6-11(9)12-7-10(14)3-4-13(12)15/h3-4,7,9,11,16H,2,5-6,8H2,1H3. The van der Waals surface area contributed by atoms with Gasteiger partial charge in [0.25, 0.3) is 0 Å². The van der Waals surface area contributed by atoms with E-state index >= 15 is 0 Å². The topological polar surface area (TPSA) is 12.0 Å². The van der Waals surface area contributed by atoms with Crippen LogP contribution in [0.4, 0.5) is 4.39 Å². The lowest BCUT2D eigenvalue weighted by Crippen LogP contribution is -2.17. The zero-order valence-electron chi connectivity index (χ0n) is 9.47. The molecule has 0 heterocycles. The molecule has 0 radical (unpaired) electrons. The summed E-state index contributed by atoms with van der Waals surface area (Å²) in [5.74, 6) is 0.829. The van der Waals surface area contributed by atoms with Crippen molar-refractivity contribution in [3.63, 3.8) is 0 Å². The molecule has 0 spiro atoms. The molecule has 88 valence electrons. The molecule has 2 atom stereocenters. The molecule has 0 aliphatic heterocycles. The normalized spacial score (nSPS) is 23.4. The van der Waals surface area contributed by atoms with Crippen LogP contribution in [-0.2, 0) is 0 Å². The molecular formula is C13H17ClFN. The molecule has 1 nitrogen and oxygen atoms in total. The van der Waals surface area contributed by atoms with E-state index in [0.717, 1.165) is 31.5 Å². The molecule has 1 fully saturated rings. The van der Waals surface area contributed by atoms with Crippen molar-refractivity contribution in [3.8, 4) is 0 Å². The molecule has 1 aromatic carbocycles. The van der Waals surface area contributed by atoms with Crippen LogP contribution in [0, 0.1) is 11.7 Å². The number of hydrogen-bond donors (Lipinski definition) is 1. The first-order valence-electron chi connectivity index (χ1n) is 5.88. The van der Waals surface area contributed by atoms with E-state index in [9.17, 15) is 4.39 Å². The minimum atomic E-state index is -0.118. The second-order valence-corrected chi connectivity index (χ2v) is 4.91. The van der Waals surface area contributed by atoms with Gasteiger partial charge in [-0.05, 0) is 61.5 Å². The van der Waals surface area contributed by atoms with Gasteiger partial charge in [0.05, 0.1) is 0 Å². The Kier molecular flexibility index (Phi) is 3.82. The maximum Gasteiger partial charge on any atom is 0.126 e. The van der Waals surface area contributed by atoms with Crippen molar-refractivity contribution in [3.05, 3.63) is 34.6 Å². The van der Waals surface area contributed by atoms with Gasteiger partial charge in [-0.1, -0.05) is 18.5 Å². The Balaban J connectivity index is 1.92. The molecule has 1 aromatic rings. The smallest absolute Gasteiger partial charge is 0.126 e. The van der Waals surface area contributed by atoms with E-state index in [1.54, 1.807) is 12.1 Å². The predicted molar refractivity (Wildman–Crippen MR) is 65.4 cm³/mol. The van der Waals surface area contributed by atoms with Crippen LogP contribution in [0.2, 0.25) is 5.02 Å². The third kappa shape index (κ3) is 2.74. The lowest BCUT2D eigenvalue weighted by Gasteiger charge is -2.04. The first-order chi connectivity index (χ1) is 7.72. The fourth-order valence-corrected chi connectivity index (χ4v) is 2.30. The quantitative estimate of drug-likeness (QED) is 0.777. The SMILES string of the molecule is CCCNCC1CC1c1cc(Cl)ccc1F. The zero-order chi connectivity index (χ0) is 11.5. The second kappa shape index (κ2) is 5.15. The number of rotatable bonds is 5. The monoisotopic (exact) mass is 241 g/mol. The van der Waals surface area contributed by atoms with Gasteiger partial charge in [0, 0.05) is 5.02 Å². The van der Waals surface area contributed by atoms with Gasteiger partial charge in [0.2, 0.25) is 0 Å². The summed E-state index contributed by atoms with van der Waals surface area (Å²) in [6.45, 7) is 4.18. The number of hydrogen-bond acceptors (Lipinski definition) is 1. The first kappa shape index (κ1) is 11.9. The van der Waals surface area contributed by atoms with Gasteiger partial charge in [0.15, 0.2) is 0 Å². The largest absolute Gasteiger partial charge is 0.316 e. The molecule has 1 saturated carbocycles. The molecule has 2 unspecified atom stereocenters. The molecule has 2 rings (SSSR count). The van der Waals surface area contributed by atoms with E-state index < -0.39 is 0 Å². The van der Waals surface area contributed by atoms with Gasteiger partial charge < -0.3 is 5.32 Å². The number of nitrogens with one attached hydrogen (secondary N) is 1. The Morgan fingerprint density at radius 2 is 2.31 bits per heavy atom. The Morgan fingerprint density at radius 1 is 1.50 bits per heavy atom. The van der Waals surface area contributed by atoms with Gasteiger partial charge in [-0.3, -0.25) is 0 Å². The van der Waals surface area contributed by atoms with Gasteiger partial charge in [-0.25, -0.2) is 4.39 Å². The fourth-order valence-electron chi connectivity index (χ4n) is 2.12. The van der Waals surface area contributed by atoms with Crippen LogP contribution in [0.1, 0.15) is 31.2 Å². The average Bonchev–Trinajstić information content (AvgIpc) is 3.02. The van der Waals surface area contributed by atoms with Crippen molar-refractivity contribution in [2.75, 3.05) is 13.1 Å². The first-order valence-corrected chi connectivity index (χ1v) is 6.25. The molecule has 1 N–H and O–H groups in total. The van der Waals surface area contributed by atoms with Crippen LogP contribution in [-0.4, -0.2) is 13.1 Å². The molecule has 0 amide bonds. The Bertz CT molecular complexity index is 367. The summed E-state index contributed by atoms with van der Waals surface area (Å²) >= 11 is 5.88. The molecular weight excluding hydrogens is 225 g/mol. The minimum absolute atomic E-state index is 0.118. The van der Waals surface area contributed by atoms with E-state index in [0.29, 0.717) is 16.9 Å². The highest BCUT2D eigenvalue weighted by atomic mass is 35.5. The van der Waals surface area contributed by atoms with E-state index in [2.05, 4.69) is 12.2 Å². The lowest BCUT2D eigenvalue weighted by atomic mass is 10.1. The summed E-state index contributed by atoms with van der Waals surface area (Å²) in [4.78, 5) is 0. The van der Waals surface area contributed by atoms with Crippen molar-refractivity contribution in [2.45, 2.75) is 25.7 Å². The summed E-state index contributed by atoms with van der Waals surface area (Å²) in [6.07, 6.45) is 2.22. The predicted octanol–water partition coefficient (Wildman–Crippen LogP) is 3.58. The zero-order valence-corrected chi connectivity index (χ0v) is 10.2. The van der Waals surface area contributed by atoms with Crippen LogP contribution >= 0.6 is 11.6 Å². The van der Waals surface area contributed by atoms with Crippen molar-refractivity contribution in [1.82, 2.24) is 5.32 Å². The van der Waals surface area contributed by atoms with Crippen LogP contribution < -0.4 is 5.32 Å². The molecule has 0 saturated heterocycles. The lowest BCUT2D eigenvalue weighted by molar-refractivity contribution is 0.591. The van der Waals surface area contributed by atoms with Crippen LogP contribution in [0.5, 0.6) is 0 Å². The number of halogens is 2. The third-order valence-corrected chi connectivity index (χ3v) is 3.35.